The molecular weight excluding hydrogens is 226 g/mol. The van der Waals surface area contributed by atoms with E-state index in [1.807, 2.05) is 0 Å². The van der Waals surface area contributed by atoms with Gasteiger partial charge >= 0.3 is 0 Å². The normalized spacial score (nSPS) is 10.0. The van der Waals surface area contributed by atoms with Crippen LogP contribution in [0.25, 0.3) is 0 Å². The van der Waals surface area contributed by atoms with E-state index in [2.05, 4.69) is 20.9 Å². The maximum atomic E-state index is 10.6. The second kappa shape index (κ2) is 3.97. The number of hydrogen-bond acceptors (Lipinski definition) is 3. The van der Waals surface area contributed by atoms with Gasteiger partial charge in [-0.1, -0.05) is 0 Å². The van der Waals surface area contributed by atoms with Crippen molar-refractivity contribution in [3.05, 3.63) is 15.0 Å². The topological polar surface area (TPSA) is 30.0 Å². The number of hydrogen-bond donors (Lipinski definition) is 0. The number of ketones is 1. The molecule has 0 saturated carbocycles. The van der Waals surface area contributed by atoms with E-state index in [0.717, 1.165) is 15.2 Å². The summed E-state index contributed by atoms with van der Waals surface area (Å²) in [4.78, 5) is 14.7. The molecule has 1 aromatic heterocycles. The second-order valence-electron chi connectivity index (χ2n) is 2.26. The van der Waals surface area contributed by atoms with Crippen LogP contribution in [0, 0.1) is 0 Å². The Bertz CT molecular complexity index is 259. The third-order valence-electron chi connectivity index (χ3n) is 1.22. The van der Waals surface area contributed by atoms with E-state index in [1.54, 1.807) is 24.5 Å². The fraction of sp³-hybridized carbons (Fsp3) is 0.429. The van der Waals surface area contributed by atoms with Crippen LogP contribution < -0.4 is 0 Å². The van der Waals surface area contributed by atoms with Crippen LogP contribution in [-0.2, 0) is 11.2 Å². The number of aryl methyl sites for hydroxylation is 1. The van der Waals surface area contributed by atoms with Crippen LogP contribution in [0.2, 0.25) is 0 Å². The Morgan fingerprint density at radius 3 is 3.00 bits per heavy atom. The Morgan fingerprint density at radius 1 is 1.82 bits per heavy atom. The zero-order valence-electron chi connectivity index (χ0n) is 6.13. The van der Waals surface area contributed by atoms with Gasteiger partial charge < -0.3 is 4.79 Å². The summed E-state index contributed by atoms with van der Waals surface area (Å²) >= 11 is 4.89. The summed E-state index contributed by atoms with van der Waals surface area (Å²) in [6.45, 7) is 1.60. The summed E-state index contributed by atoms with van der Waals surface area (Å²) in [5, 5.41) is 1.02. The molecule has 0 aromatic carbocycles. The van der Waals surface area contributed by atoms with Gasteiger partial charge in [-0.25, -0.2) is 4.98 Å². The summed E-state index contributed by atoms with van der Waals surface area (Å²) in [5.74, 6) is 0.219. The third kappa shape index (κ3) is 3.12. The minimum atomic E-state index is 0.219. The average molecular weight is 234 g/mol. The van der Waals surface area contributed by atoms with Gasteiger partial charge in [0.25, 0.3) is 0 Å². The van der Waals surface area contributed by atoms with Crippen LogP contribution in [0.4, 0.5) is 0 Å². The van der Waals surface area contributed by atoms with Crippen molar-refractivity contribution >= 4 is 33.0 Å². The standard InChI is InChI=1S/C7H8BrNOS/c1-5(10)2-3-7-9-4-6(8)11-7/h4H,2-3H2,1H3. The molecule has 0 aliphatic rings. The van der Waals surface area contributed by atoms with Crippen molar-refractivity contribution in [2.75, 3.05) is 0 Å². The van der Waals surface area contributed by atoms with E-state index in [9.17, 15) is 4.79 Å². The number of nitrogens with zero attached hydrogens (tertiary/aromatic N) is 1. The van der Waals surface area contributed by atoms with Gasteiger partial charge in [-0.3, -0.25) is 0 Å². The monoisotopic (exact) mass is 233 g/mol. The van der Waals surface area contributed by atoms with Crippen LogP contribution >= 0.6 is 27.3 Å². The van der Waals surface area contributed by atoms with E-state index in [-0.39, 0.29) is 5.78 Å². The highest BCUT2D eigenvalue weighted by molar-refractivity contribution is 9.11. The lowest BCUT2D eigenvalue weighted by Gasteiger charge is -1.89. The summed E-state index contributed by atoms with van der Waals surface area (Å²) < 4.78 is 1.02. The van der Waals surface area contributed by atoms with Gasteiger partial charge in [0.1, 0.15) is 5.78 Å². The number of carbonyl (C=O) groups excluding carboxylic acids is 1. The fourth-order valence-corrected chi connectivity index (χ4v) is 1.99. The zero-order chi connectivity index (χ0) is 8.27. The Morgan fingerprint density at radius 2 is 2.55 bits per heavy atom. The van der Waals surface area contributed by atoms with Gasteiger partial charge in [0.05, 0.1) is 15.0 Å². The van der Waals surface area contributed by atoms with Gasteiger partial charge in [-0.05, 0) is 22.9 Å². The molecule has 0 amide bonds. The van der Waals surface area contributed by atoms with E-state index < -0.39 is 0 Å². The molecule has 0 bridgehead atoms. The Hall–Kier alpha value is -0.220. The minimum absolute atomic E-state index is 0.219. The Balaban J connectivity index is 2.45. The molecule has 2 nitrogen and oxygen atoms in total. The Labute approximate surface area is 77.8 Å². The Kier molecular flexibility index (Phi) is 3.20. The molecular formula is C7H8BrNOS. The fourth-order valence-electron chi connectivity index (χ4n) is 0.687. The molecule has 0 N–H and O–H groups in total. The first-order chi connectivity index (χ1) is 5.18. The summed E-state index contributed by atoms with van der Waals surface area (Å²) in [7, 11) is 0. The third-order valence-corrected chi connectivity index (χ3v) is 2.75. The van der Waals surface area contributed by atoms with Gasteiger partial charge in [0.2, 0.25) is 0 Å². The van der Waals surface area contributed by atoms with E-state index >= 15 is 0 Å². The summed E-state index contributed by atoms with van der Waals surface area (Å²) in [6.07, 6.45) is 3.13. The quantitative estimate of drug-likeness (QED) is 0.803. The number of Topliss-reactive ketones (excluding diaryl/α,β-unsaturated/α-hetero) is 1. The van der Waals surface area contributed by atoms with Crippen molar-refractivity contribution in [3.8, 4) is 0 Å². The average Bonchev–Trinajstić information content (AvgIpc) is 2.31. The van der Waals surface area contributed by atoms with E-state index in [0.29, 0.717) is 6.42 Å². The smallest absolute Gasteiger partial charge is 0.130 e. The first-order valence-electron chi connectivity index (χ1n) is 3.28. The SMILES string of the molecule is CC(=O)CCc1ncc(Br)s1. The number of halogens is 1. The second-order valence-corrected chi connectivity index (χ2v) is 4.75. The first kappa shape index (κ1) is 8.87. The number of thiazole rings is 1. The number of aromatic nitrogens is 1. The van der Waals surface area contributed by atoms with E-state index in [4.69, 9.17) is 0 Å². The first-order valence-corrected chi connectivity index (χ1v) is 4.89. The molecule has 4 heteroatoms. The highest BCUT2D eigenvalue weighted by Crippen LogP contribution is 2.19. The molecule has 0 aliphatic heterocycles. The van der Waals surface area contributed by atoms with Crippen molar-refractivity contribution < 1.29 is 4.79 Å². The predicted octanol–water partition coefficient (Wildman–Crippen LogP) is 2.43. The zero-order valence-corrected chi connectivity index (χ0v) is 8.54. The van der Waals surface area contributed by atoms with Crippen LogP contribution in [0.15, 0.2) is 9.98 Å². The van der Waals surface area contributed by atoms with Crippen molar-refractivity contribution in [2.45, 2.75) is 19.8 Å². The molecule has 1 aromatic rings. The van der Waals surface area contributed by atoms with Crippen LogP contribution in [0.1, 0.15) is 18.4 Å². The number of rotatable bonds is 3. The lowest BCUT2D eigenvalue weighted by Crippen LogP contribution is -1.92. The molecule has 1 heterocycles. The largest absolute Gasteiger partial charge is 0.300 e. The molecule has 11 heavy (non-hydrogen) atoms. The van der Waals surface area contributed by atoms with Crippen molar-refractivity contribution in [1.82, 2.24) is 4.98 Å². The molecule has 1 rings (SSSR count). The van der Waals surface area contributed by atoms with Crippen molar-refractivity contribution in [2.24, 2.45) is 0 Å². The molecule has 0 radical (unpaired) electrons. The van der Waals surface area contributed by atoms with Crippen LogP contribution in [-0.4, -0.2) is 10.8 Å². The lowest BCUT2D eigenvalue weighted by molar-refractivity contribution is -0.116. The minimum Gasteiger partial charge on any atom is -0.300 e. The maximum Gasteiger partial charge on any atom is 0.130 e. The van der Waals surface area contributed by atoms with Gasteiger partial charge in [0.15, 0.2) is 0 Å². The van der Waals surface area contributed by atoms with E-state index in [1.165, 1.54) is 0 Å². The van der Waals surface area contributed by atoms with Gasteiger partial charge in [-0.2, -0.15) is 0 Å². The van der Waals surface area contributed by atoms with Crippen molar-refractivity contribution in [3.63, 3.8) is 0 Å². The van der Waals surface area contributed by atoms with Gasteiger partial charge in [0, 0.05) is 12.8 Å². The molecule has 60 valence electrons. The van der Waals surface area contributed by atoms with Crippen molar-refractivity contribution in [1.29, 1.82) is 0 Å². The van der Waals surface area contributed by atoms with Crippen LogP contribution in [0.5, 0.6) is 0 Å². The molecule has 0 atom stereocenters. The molecule has 0 saturated heterocycles. The predicted molar refractivity (Wildman–Crippen MR) is 48.8 cm³/mol. The molecule has 0 spiro atoms. The highest BCUT2D eigenvalue weighted by atomic mass is 79.9. The summed E-state index contributed by atoms with van der Waals surface area (Å²) in [6, 6.07) is 0. The maximum absolute atomic E-state index is 10.6. The highest BCUT2D eigenvalue weighted by Gasteiger charge is 2.00. The van der Waals surface area contributed by atoms with Gasteiger partial charge in [-0.15, -0.1) is 11.3 Å². The molecule has 0 aliphatic carbocycles. The molecule has 0 unspecified atom stereocenters. The summed E-state index contributed by atoms with van der Waals surface area (Å²) in [5.41, 5.74) is 0. The lowest BCUT2D eigenvalue weighted by atomic mass is 10.2. The number of carbonyl (C=O) groups is 1. The molecule has 0 fully saturated rings. The van der Waals surface area contributed by atoms with Crippen LogP contribution in [0.3, 0.4) is 0 Å².